The van der Waals surface area contributed by atoms with E-state index in [0.717, 1.165) is 31.1 Å². The van der Waals surface area contributed by atoms with E-state index >= 15 is 8.78 Å². The van der Waals surface area contributed by atoms with E-state index in [9.17, 15) is 4.39 Å². The molecule has 1 aromatic carbocycles. The number of nitrogens with zero attached hydrogens (tertiary/aromatic N) is 4. The van der Waals surface area contributed by atoms with Crippen molar-refractivity contribution in [2.75, 3.05) is 33.2 Å². The fourth-order valence-electron chi connectivity index (χ4n) is 5.40. The molecule has 2 aliphatic heterocycles. The fourth-order valence-corrected chi connectivity index (χ4v) is 5.70. The van der Waals surface area contributed by atoms with Crippen LogP contribution in [0, 0.1) is 10.8 Å². The maximum atomic E-state index is 15.0. The Bertz CT molecular complexity index is 1120. The van der Waals surface area contributed by atoms with Gasteiger partial charge in [-0.25, -0.2) is 4.39 Å². The van der Waals surface area contributed by atoms with Gasteiger partial charge in [0.2, 0.25) is 5.89 Å². The molecule has 3 heterocycles. The van der Waals surface area contributed by atoms with Crippen molar-refractivity contribution in [1.82, 2.24) is 20.0 Å². The van der Waals surface area contributed by atoms with E-state index < -0.39 is 11.8 Å². The Morgan fingerprint density at radius 2 is 1.87 bits per heavy atom. The number of benzene rings is 1. The molecular formula is C21H19Cl2F3N4O. The number of halogens is 5. The first-order valence-electron chi connectivity index (χ1n) is 10.2. The number of hydrogen-bond donors (Lipinski definition) is 0. The second-order valence-electron chi connectivity index (χ2n) is 9.36. The first-order valence-corrected chi connectivity index (χ1v) is 10.9. The second kappa shape index (κ2) is 6.17. The molecule has 31 heavy (non-hydrogen) atoms. The third kappa shape index (κ3) is 2.74. The monoisotopic (exact) mass is 470 g/mol. The van der Waals surface area contributed by atoms with Gasteiger partial charge in [0.15, 0.2) is 0 Å². The molecule has 0 N–H and O–H groups in total. The minimum Gasteiger partial charge on any atom is -0.419 e. The van der Waals surface area contributed by atoms with E-state index in [1.54, 1.807) is 0 Å². The van der Waals surface area contributed by atoms with Gasteiger partial charge in [-0.3, -0.25) is 0 Å². The van der Waals surface area contributed by atoms with E-state index in [-0.39, 0.29) is 44.1 Å². The van der Waals surface area contributed by atoms with Gasteiger partial charge in [0.05, 0.1) is 27.1 Å². The van der Waals surface area contributed by atoms with Crippen molar-refractivity contribution in [3.05, 3.63) is 57.1 Å². The molecule has 1 aromatic heterocycles. The van der Waals surface area contributed by atoms with E-state index in [0.29, 0.717) is 19.6 Å². The first-order chi connectivity index (χ1) is 14.7. The fraction of sp³-hybridized carbons (Fsp3) is 0.524. The van der Waals surface area contributed by atoms with Gasteiger partial charge in [0, 0.05) is 37.2 Å². The molecule has 2 saturated heterocycles. The van der Waals surface area contributed by atoms with Crippen LogP contribution in [0.4, 0.5) is 13.2 Å². The molecule has 1 saturated carbocycles. The molecule has 5 nitrogen and oxygen atoms in total. The Morgan fingerprint density at radius 1 is 1.13 bits per heavy atom. The van der Waals surface area contributed by atoms with Crippen LogP contribution in [0.15, 0.2) is 34.1 Å². The summed E-state index contributed by atoms with van der Waals surface area (Å²) in [6.45, 7) is 2.75. The second-order valence-corrected chi connectivity index (χ2v) is 10.2. The van der Waals surface area contributed by atoms with Crippen LogP contribution in [-0.2, 0) is 5.92 Å². The van der Waals surface area contributed by atoms with Crippen LogP contribution >= 0.6 is 23.2 Å². The third-order valence-electron chi connectivity index (χ3n) is 7.20. The number of likely N-dealkylation sites (N-methyl/N-ethyl adjacent to an activating group) is 1. The van der Waals surface area contributed by atoms with Crippen LogP contribution in [0.25, 0.3) is 0 Å². The van der Waals surface area contributed by atoms with E-state index in [4.69, 9.17) is 27.6 Å². The zero-order valence-electron chi connectivity index (χ0n) is 16.6. The van der Waals surface area contributed by atoms with Gasteiger partial charge in [-0.1, -0.05) is 29.3 Å². The SMILES string of the molecule is CN1CC(c2nnc(C(F)(F)c3ccc(Cl)c(Cl)c3)o2)C2(C1)CN(C1=C(F)C13CC3)C2. The molecule has 3 fully saturated rings. The summed E-state index contributed by atoms with van der Waals surface area (Å²) in [6.07, 6.45) is 1.80. The van der Waals surface area contributed by atoms with Crippen molar-refractivity contribution in [2.24, 2.45) is 10.8 Å². The molecule has 1 unspecified atom stereocenters. The van der Waals surface area contributed by atoms with Gasteiger partial charge in [-0.05, 0) is 32.0 Å². The van der Waals surface area contributed by atoms with Crippen LogP contribution in [-0.4, -0.2) is 53.2 Å². The Kier molecular flexibility index (Phi) is 3.96. The van der Waals surface area contributed by atoms with Crippen LogP contribution < -0.4 is 0 Å². The highest BCUT2D eigenvalue weighted by Gasteiger charge is 2.69. The number of hydrogen-bond acceptors (Lipinski definition) is 5. The predicted octanol–water partition coefficient (Wildman–Crippen LogP) is 4.82. The highest BCUT2D eigenvalue weighted by molar-refractivity contribution is 6.42. The van der Waals surface area contributed by atoms with Crippen LogP contribution in [0.5, 0.6) is 0 Å². The van der Waals surface area contributed by atoms with Crippen molar-refractivity contribution < 1.29 is 17.6 Å². The summed E-state index contributed by atoms with van der Waals surface area (Å²) >= 11 is 11.7. The molecule has 2 aliphatic carbocycles. The molecule has 10 heteroatoms. The average molecular weight is 471 g/mol. The van der Waals surface area contributed by atoms with Crippen molar-refractivity contribution in [1.29, 1.82) is 0 Å². The predicted molar refractivity (Wildman–Crippen MR) is 108 cm³/mol. The molecule has 2 aromatic rings. The molecule has 0 radical (unpaired) electrons. The zero-order valence-corrected chi connectivity index (χ0v) is 18.2. The number of aromatic nitrogens is 2. The van der Waals surface area contributed by atoms with E-state index in [1.807, 2.05) is 7.05 Å². The minimum absolute atomic E-state index is 0.0274. The lowest BCUT2D eigenvalue weighted by Crippen LogP contribution is -2.58. The maximum Gasteiger partial charge on any atom is 0.349 e. The lowest BCUT2D eigenvalue weighted by atomic mass is 9.71. The van der Waals surface area contributed by atoms with E-state index in [1.165, 1.54) is 12.1 Å². The van der Waals surface area contributed by atoms with Crippen molar-refractivity contribution >= 4 is 23.2 Å². The Morgan fingerprint density at radius 3 is 2.52 bits per heavy atom. The summed E-state index contributed by atoms with van der Waals surface area (Å²) in [5.74, 6) is -4.22. The smallest absolute Gasteiger partial charge is 0.349 e. The summed E-state index contributed by atoms with van der Waals surface area (Å²) < 4.78 is 49.7. The molecule has 6 rings (SSSR count). The molecule has 0 amide bonds. The van der Waals surface area contributed by atoms with Crippen LogP contribution in [0.1, 0.15) is 36.1 Å². The van der Waals surface area contributed by atoms with Gasteiger partial charge < -0.3 is 14.2 Å². The van der Waals surface area contributed by atoms with Crippen molar-refractivity contribution in [3.63, 3.8) is 0 Å². The number of likely N-dealkylation sites (tertiary alicyclic amines) is 2. The quantitative estimate of drug-likeness (QED) is 0.640. The minimum atomic E-state index is -3.50. The summed E-state index contributed by atoms with van der Waals surface area (Å²) in [7, 11) is 1.98. The zero-order chi connectivity index (χ0) is 21.8. The van der Waals surface area contributed by atoms with Gasteiger partial charge >= 0.3 is 5.92 Å². The largest absolute Gasteiger partial charge is 0.419 e. The Balaban J connectivity index is 1.25. The van der Waals surface area contributed by atoms with Crippen LogP contribution in [0.2, 0.25) is 10.0 Å². The first kappa shape index (κ1) is 19.9. The molecule has 0 bridgehead atoms. The maximum absolute atomic E-state index is 15.0. The highest BCUT2D eigenvalue weighted by Crippen LogP contribution is 2.73. The summed E-state index contributed by atoms with van der Waals surface area (Å²) in [4.78, 5) is 4.23. The number of allylic oxidation sites excluding steroid dienone is 2. The van der Waals surface area contributed by atoms with Gasteiger partial charge in [0.25, 0.3) is 5.89 Å². The molecule has 2 spiro atoms. The lowest BCUT2D eigenvalue weighted by Gasteiger charge is -2.50. The molecule has 164 valence electrons. The highest BCUT2D eigenvalue weighted by atomic mass is 35.5. The van der Waals surface area contributed by atoms with E-state index in [2.05, 4.69) is 20.0 Å². The average Bonchev–Trinajstić information content (AvgIpc) is 3.42. The molecule has 4 aliphatic rings. The Labute approximate surface area is 186 Å². The van der Waals surface area contributed by atoms with Crippen LogP contribution in [0.3, 0.4) is 0 Å². The summed E-state index contributed by atoms with van der Waals surface area (Å²) in [6, 6.07) is 3.61. The number of alkyl halides is 2. The summed E-state index contributed by atoms with van der Waals surface area (Å²) in [5.41, 5.74) is 0.0321. The van der Waals surface area contributed by atoms with Crippen molar-refractivity contribution in [3.8, 4) is 0 Å². The van der Waals surface area contributed by atoms with Gasteiger partial charge in [0.1, 0.15) is 5.83 Å². The number of rotatable bonds is 4. The lowest BCUT2D eigenvalue weighted by molar-refractivity contribution is 0.00379. The summed E-state index contributed by atoms with van der Waals surface area (Å²) in [5, 5.41) is 7.89. The third-order valence-corrected chi connectivity index (χ3v) is 7.94. The Hall–Kier alpha value is -1.77. The molecule has 1 atom stereocenters. The normalized spacial score (nSPS) is 26.1. The van der Waals surface area contributed by atoms with Gasteiger partial charge in [-0.15, -0.1) is 10.2 Å². The topological polar surface area (TPSA) is 45.4 Å². The standard InChI is InChI=1S/C21H19Cl2F3N4O/c1-29-7-12(19(8-29)9-30(10-19)16-15(24)20(16)4-5-20)17-27-28-18(31-17)21(25,26)11-2-3-13(22)14(23)6-11/h2-3,6,12H,4-5,7-10H2,1H3. The van der Waals surface area contributed by atoms with Crippen molar-refractivity contribution in [2.45, 2.75) is 24.7 Å². The molecular weight excluding hydrogens is 452 g/mol. The van der Waals surface area contributed by atoms with Gasteiger partial charge in [-0.2, -0.15) is 8.78 Å².